The molecule has 4 rings (SSSR count). The zero-order valence-electron chi connectivity index (χ0n) is 14.5. The second-order valence-electron chi connectivity index (χ2n) is 6.91. The molecule has 1 aliphatic carbocycles. The van der Waals surface area contributed by atoms with Crippen LogP contribution in [0, 0.1) is 17.6 Å². The van der Waals surface area contributed by atoms with Crippen molar-refractivity contribution in [1.82, 2.24) is 4.98 Å². The van der Waals surface area contributed by atoms with Crippen molar-refractivity contribution in [2.24, 2.45) is 16.6 Å². The molecule has 1 unspecified atom stereocenters. The van der Waals surface area contributed by atoms with Crippen molar-refractivity contribution in [1.29, 1.82) is 0 Å². The van der Waals surface area contributed by atoms with Gasteiger partial charge in [0.1, 0.15) is 24.0 Å². The molecular formula is C19H15ClF3N3O2. The van der Waals surface area contributed by atoms with Crippen LogP contribution in [0.15, 0.2) is 35.5 Å². The highest BCUT2D eigenvalue weighted by molar-refractivity contribution is 6.30. The minimum atomic E-state index is -1.66. The molecule has 1 fully saturated rings. The number of alkyl halides is 1. The number of amidine groups is 1. The lowest BCUT2D eigenvalue weighted by atomic mass is 9.84. The van der Waals surface area contributed by atoms with E-state index in [1.807, 2.05) is 0 Å². The third kappa shape index (κ3) is 3.11. The number of rotatable bonds is 5. The molecule has 1 aliphatic heterocycles. The Kier molecular flexibility index (Phi) is 4.53. The van der Waals surface area contributed by atoms with Crippen molar-refractivity contribution >= 4 is 23.4 Å². The maximum Gasteiger partial charge on any atom is 0.283 e. The summed E-state index contributed by atoms with van der Waals surface area (Å²) in [5.74, 6) is -3.25. The number of hydrogen-bond acceptors (Lipinski definition) is 5. The quantitative estimate of drug-likeness (QED) is 0.768. The van der Waals surface area contributed by atoms with E-state index >= 15 is 0 Å². The van der Waals surface area contributed by atoms with Gasteiger partial charge in [-0.1, -0.05) is 11.6 Å². The summed E-state index contributed by atoms with van der Waals surface area (Å²) < 4.78 is 48.2. The molecule has 1 aromatic heterocycles. The van der Waals surface area contributed by atoms with Gasteiger partial charge >= 0.3 is 0 Å². The molecule has 0 saturated heterocycles. The molecule has 2 aliphatic rings. The number of halogens is 4. The number of nitrogens with zero attached hydrogens (tertiary/aromatic N) is 2. The molecule has 3 atom stereocenters. The van der Waals surface area contributed by atoms with Crippen LogP contribution in [0.1, 0.15) is 28.0 Å². The van der Waals surface area contributed by atoms with E-state index in [0.29, 0.717) is 11.4 Å². The van der Waals surface area contributed by atoms with E-state index in [-0.39, 0.29) is 35.4 Å². The summed E-state index contributed by atoms with van der Waals surface area (Å²) in [6.07, 6.45) is 1.13. The molecule has 28 heavy (non-hydrogen) atoms. The zero-order valence-corrected chi connectivity index (χ0v) is 15.2. The maximum atomic E-state index is 14.6. The van der Waals surface area contributed by atoms with Gasteiger partial charge in [0.15, 0.2) is 17.4 Å². The summed E-state index contributed by atoms with van der Waals surface area (Å²) in [5, 5.41) is 0.366. The average molecular weight is 410 g/mol. The van der Waals surface area contributed by atoms with Crippen LogP contribution >= 0.6 is 11.6 Å². The van der Waals surface area contributed by atoms with Gasteiger partial charge in [-0.05, 0) is 36.2 Å². The van der Waals surface area contributed by atoms with Crippen molar-refractivity contribution in [3.63, 3.8) is 0 Å². The summed E-state index contributed by atoms with van der Waals surface area (Å²) in [4.78, 5) is 20.3. The van der Waals surface area contributed by atoms with Crippen LogP contribution in [0.4, 0.5) is 13.2 Å². The first-order valence-electron chi connectivity index (χ1n) is 8.55. The molecule has 0 bridgehead atoms. The molecule has 146 valence electrons. The Morgan fingerprint density at radius 2 is 2.14 bits per heavy atom. The van der Waals surface area contributed by atoms with E-state index < -0.39 is 35.5 Å². The molecule has 0 spiro atoms. The highest BCUT2D eigenvalue weighted by atomic mass is 35.5. The summed E-state index contributed by atoms with van der Waals surface area (Å²) in [6.45, 7) is -1.06. The van der Waals surface area contributed by atoms with Crippen LogP contribution in [0.2, 0.25) is 5.02 Å². The van der Waals surface area contributed by atoms with Gasteiger partial charge in [-0.15, -0.1) is 0 Å². The molecule has 2 aromatic rings. The van der Waals surface area contributed by atoms with Gasteiger partial charge in [-0.3, -0.25) is 9.78 Å². The summed E-state index contributed by atoms with van der Waals surface area (Å²) >= 11 is 5.75. The number of carbonyl (C=O) groups is 1. The first-order chi connectivity index (χ1) is 13.3. The normalized spacial score (nSPS) is 25.5. The summed E-state index contributed by atoms with van der Waals surface area (Å²) in [6, 6.07) is 4.86. The van der Waals surface area contributed by atoms with Crippen LogP contribution in [-0.2, 0) is 16.7 Å². The second kappa shape index (κ2) is 6.77. The number of carbonyl (C=O) groups excluding carboxylic acids is 1. The Labute approximate surface area is 163 Å². The standard InChI is InChI=1S/C19H15ClF3N3O2/c20-10-1-2-14(25-7-10)15(27)5-9-3-12(17(23)13(22)4-9)19(8-21)11-6-16(11)28-18(24)26-19/h1-4,7,11,16H,5-6,8H2,(H2,24,26)/t11-,16?,19-/m0/s1. The SMILES string of the molecule is NC1=N[C@](CF)(c2cc(CC(=O)c3ccc(Cl)cn3)cc(F)c2F)[C@H]2CC2O1. The monoisotopic (exact) mass is 409 g/mol. The third-order valence-electron chi connectivity index (χ3n) is 5.06. The van der Waals surface area contributed by atoms with E-state index in [1.54, 1.807) is 0 Å². The fraction of sp³-hybridized carbons (Fsp3) is 0.316. The smallest absolute Gasteiger partial charge is 0.283 e. The van der Waals surface area contributed by atoms with Gasteiger partial charge in [-0.2, -0.15) is 0 Å². The Bertz CT molecular complexity index is 983. The lowest BCUT2D eigenvalue weighted by molar-refractivity contribution is 0.0988. The van der Waals surface area contributed by atoms with Gasteiger partial charge in [0.2, 0.25) is 0 Å². The summed E-state index contributed by atoms with van der Waals surface area (Å²) in [7, 11) is 0. The minimum absolute atomic E-state index is 0.131. The molecule has 1 aromatic carbocycles. The maximum absolute atomic E-state index is 14.6. The Balaban J connectivity index is 1.72. The van der Waals surface area contributed by atoms with Crippen LogP contribution in [0.5, 0.6) is 0 Å². The first-order valence-corrected chi connectivity index (χ1v) is 8.93. The van der Waals surface area contributed by atoms with Crippen LogP contribution in [0.3, 0.4) is 0 Å². The van der Waals surface area contributed by atoms with Crippen molar-refractivity contribution in [2.75, 3.05) is 6.67 Å². The molecule has 2 heterocycles. The number of pyridine rings is 1. The van der Waals surface area contributed by atoms with E-state index in [9.17, 15) is 18.0 Å². The van der Waals surface area contributed by atoms with E-state index in [0.717, 1.165) is 6.07 Å². The molecule has 9 heteroatoms. The van der Waals surface area contributed by atoms with Crippen molar-refractivity contribution < 1.29 is 22.7 Å². The van der Waals surface area contributed by atoms with Crippen LogP contribution in [0.25, 0.3) is 0 Å². The number of Topliss-reactive ketones (excluding diaryl/α,β-unsaturated/α-hetero) is 1. The zero-order chi connectivity index (χ0) is 20.1. The molecule has 2 N–H and O–H groups in total. The van der Waals surface area contributed by atoms with Gasteiger partial charge in [-0.25, -0.2) is 18.2 Å². The third-order valence-corrected chi connectivity index (χ3v) is 5.29. The first kappa shape index (κ1) is 18.7. The van der Waals surface area contributed by atoms with Gasteiger partial charge in [0.25, 0.3) is 6.02 Å². The Hall–Kier alpha value is -2.61. The topological polar surface area (TPSA) is 77.6 Å². The number of benzene rings is 1. The lowest BCUT2D eigenvalue weighted by Gasteiger charge is -2.31. The molecule has 1 saturated carbocycles. The number of hydrogen-bond donors (Lipinski definition) is 1. The van der Waals surface area contributed by atoms with E-state index in [1.165, 1.54) is 24.4 Å². The van der Waals surface area contributed by atoms with Crippen molar-refractivity contribution in [3.8, 4) is 0 Å². The largest absolute Gasteiger partial charge is 0.462 e. The number of aromatic nitrogens is 1. The summed E-state index contributed by atoms with van der Waals surface area (Å²) in [5.41, 5.74) is 4.00. The molecule has 0 radical (unpaired) electrons. The van der Waals surface area contributed by atoms with Crippen LogP contribution in [-0.4, -0.2) is 29.6 Å². The average Bonchev–Trinajstić information content (AvgIpc) is 3.44. The highest BCUT2D eigenvalue weighted by Gasteiger charge is 2.60. The van der Waals surface area contributed by atoms with Crippen molar-refractivity contribution in [3.05, 3.63) is 63.9 Å². The predicted molar refractivity (Wildman–Crippen MR) is 95.9 cm³/mol. The number of nitrogens with two attached hydrogens (primary N) is 1. The van der Waals surface area contributed by atoms with Crippen molar-refractivity contribution in [2.45, 2.75) is 24.5 Å². The number of ketones is 1. The van der Waals surface area contributed by atoms with Gasteiger partial charge in [0.05, 0.1) is 5.02 Å². The van der Waals surface area contributed by atoms with Gasteiger partial charge < -0.3 is 10.5 Å². The fourth-order valence-electron chi connectivity index (χ4n) is 3.61. The van der Waals surface area contributed by atoms with Crippen LogP contribution < -0.4 is 5.73 Å². The molecule has 0 amide bonds. The Morgan fingerprint density at radius 3 is 2.82 bits per heavy atom. The number of fused-ring (bicyclic) bond motifs is 1. The fourth-order valence-corrected chi connectivity index (χ4v) is 3.72. The van der Waals surface area contributed by atoms with Gasteiger partial charge in [0, 0.05) is 24.1 Å². The minimum Gasteiger partial charge on any atom is -0.462 e. The predicted octanol–water partition coefficient (Wildman–Crippen LogP) is 3.34. The molecular weight excluding hydrogens is 395 g/mol. The number of aliphatic imine (C=N–C) groups is 1. The second-order valence-corrected chi connectivity index (χ2v) is 7.34. The van der Waals surface area contributed by atoms with E-state index in [4.69, 9.17) is 22.1 Å². The number of ether oxygens (including phenoxy) is 1. The highest BCUT2D eigenvalue weighted by Crippen LogP contribution is 2.53. The lowest BCUT2D eigenvalue weighted by Crippen LogP contribution is -2.40. The van der Waals surface area contributed by atoms with E-state index in [2.05, 4.69) is 9.98 Å². The molecule has 5 nitrogen and oxygen atoms in total. The Morgan fingerprint density at radius 1 is 1.36 bits per heavy atom.